The minimum Gasteiger partial charge on any atom is -0.457 e. The zero-order valence-corrected chi connectivity index (χ0v) is 10.4. The summed E-state index contributed by atoms with van der Waals surface area (Å²) >= 11 is 11.7. The predicted octanol–water partition coefficient (Wildman–Crippen LogP) is 2.61. The maximum absolute atomic E-state index is 11.7. The third kappa shape index (κ3) is 1.92. The van der Waals surface area contributed by atoms with E-state index in [0.717, 1.165) is 5.69 Å². The average Bonchev–Trinajstić information content (AvgIpc) is 2.57. The molecule has 1 saturated carbocycles. The Hall–Kier alpha value is -0.740. The van der Waals surface area contributed by atoms with Crippen LogP contribution in [0.3, 0.4) is 0 Å². The van der Waals surface area contributed by atoms with Gasteiger partial charge in [-0.15, -0.1) is 23.2 Å². The van der Waals surface area contributed by atoms with Crippen LogP contribution in [0.5, 0.6) is 0 Å². The van der Waals surface area contributed by atoms with Crippen LogP contribution in [0.1, 0.15) is 24.8 Å². The Balaban J connectivity index is 1.90. The van der Waals surface area contributed by atoms with Crippen molar-refractivity contribution in [1.82, 2.24) is 5.16 Å². The first-order valence-electron chi connectivity index (χ1n) is 4.82. The number of rotatable bonds is 3. The summed E-state index contributed by atoms with van der Waals surface area (Å²) in [5.74, 6) is 0.0939. The highest BCUT2D eigenvalue weighted by molar-refractivity contribution is 6.53. The molecule has 1 aliphatic carbocycles. The van der Waals surface area contributed by atoms with E-state index in [2.05, 4.69) is 5.16 Å². The van der Waals surface area contributed by atoms with Gasteiger partial charge in [-0.25, -0.2) is 0 Å². The Morgan fingerprint density at radius 3 is 2.75 bits per heavy atom. The molecule has 1 atom stereocenters. The number of halogens is 2. The second-order valence-corrected chi connectivity index (χ2v) is 5.71. The number of aryl methyl sites for hydroxylation is 1. The summed E-state index contributed by atoms with van der Waals surface area (Å²) in [4.78, 5) is 11.7. The smallest absolute Gasteiger partial charge is 0.315 e. The van der Waals surface area contributed by atoms with Crippen LogP contribution in [-0.4, -0.2) is 15.5 Å². The first kappa shape index (κ1) is 11.7. The van der Waals surface area contributed by atoms with E-state index in [-0.39, 0.29) is 6.61 Å². The Morgan fingerprint density at radius 1 is 1.69 bits per heavy atom. The molecule has 1 aromatic heterocycles. The highest BCUT2D eigenvalue weighted by Gasteiger charge is 2.69. The van der Waals surface area contributed by atoms with Gasteiger partial charge >= 0.3 is 5.97 Å². The number of aromatic nitrogens is 1. The lowest BCUT2D eigenvalue weighted by molar-refractivity contribution is -0.151. The Labute approximate surface area is 103 Å². The van der Waals surface area contributed by atoms with Gasteiger partial charge < -0.3 is 9.26 Å². The molecular weight excluding hydrogens is 253 g/mol. The lowest BCUT2D eigenvalue weighted by atomic mass is 10.1. The standard InChI is InChI=1S/C10H11Cl2NO3/c1-6-3-7(16-13-6)4-15-8(14)9(2)5-10(9,11)12/h3H,4-5H2,1-2H3. The van der Waals surface area contributed by atoms with Gasteiger partial charge in [-0.1, -0.05) is 5.16 Å². The average molecular weight is 264 g/mol. The fraction of sp³-hybridized carbons (Fsp3) is 0.600. The summed E-state index contributed by atoms with van der Waals surface area (Å²) in [7, 11) is 0. The monoisotopic (exact) mass is 263 g/mol. The number of ether oxygens (including phenoxy) is 1. The molecule has 1 aromatic rings. The van der Waals surface area contributed by atoms with Gasteiger partial charge in [-0.3, -0.25) is 4.79 Å². The molecule has 4 nitrogen and oxygen atoms in total. The van der Waals surface area contributed by atoms with Crippen molar-refractivity contribution >= 4 is 29.2 Å². The van der Waals surface area contributed by atoms with Crippen LogP contribution in [-0.2, 0) is 16.1 Å². The molecule has 1 heterocycles. The molecule has 6 heteroatoms. The van der Waals surface area contributed by atoms with Crippen molar-refractivity contribution in [2.75, 3.05) is 0 Å². The van der Waals surface area contributed by atoms with Gasteiger partial charge in [-0.2, -0.15) is 0 Å². The van der Waals surface area contributed by atoms with E-state index in [4.69, 9.17) is 32.5 Å². The largest absolute Gasteiger partial charge is 0.457 e. The van der Waals surface area contributed by atoms with Gasteiger partial charge in [-0.05, 0) is 13.8 Å². The van der Waals surface area contributed by atoms with Gasteiger partial charge in [0.1, 0.15) is 9.75 Å². The van der Waals surface area contributed by atoms with Crippen molar-refractivity contribution in [2.24, 2.45) is 5.41 Å². The summed E-state index contributed by atoms with van der Waals surface area (Å²) < 4.78 is 8.97. The van der Waals surface area contributed by atoms with E-state index in [9.17, 15) is 4.79 Å². The van der Waals surface area contributed by atoms with Crippen molar-refractivity contribution in [3.05, 3.63) is 17.5 Å². The van der Waals surface area contributed by atoms with E-state index >= 15 is 0 Å². The second-order valence-electron chi connectivity index (χ2n) is 4.22. The highest BCUT2D eigenvalue weighted by Crippen LogP contribution is 2.64. The molecule has 0 spiro atoms. The van der Waals surface area contributed by atoms with Crippen LogP contribution in [0.2, 0.25) is 0 Å². The molecule has 88 valence electrons. The van der Waals surface area contributed by atoms with E-state index in [0.29, 0.717) is 12.2 Å². The van der Waals surface area contributed by atoms with Crippen LogP contribution in [0.4, 0.5) is 0 Å². The Morgan fingerprint density at radius 2 is 2.31 bits per heavy atom. The summed E-state index contributed by atoms with van der Waals surface area (Å²) in [6, 6.07) is 1.71. The number of esters is 1. The summed E-state index contributed by atoms with van der Waals surface area (Å²) in [5.41, 5.74) is -0.0572. The molecule has 2 rings (SSSR count). The van der Waals surface area contributed by atoms with Crippen LogP contribution in [0, 0.1) is 12.3 Å². The first-order chi connectivity index (χ1) is 7.35. The SMILES string of the molecule is Cc1cc(COC(=O)C2(C)CC2(Cl)Cl)on1. The minimum atomic E-state index is -0.999. The lowest BCUT2D eigenvalue weighted by Crippen LogP contribution is -2.20. The fourth-order valence-corrected chi connectivity index (χ4v) is 2.09. The summed E-state index contributed by atoms with van der Waals surface area (Å²) in [5, 5.41) is 3.68. The molecule has 0 aromatic carbocycles. The van der Waals surface area contributed by atoms with Crippen LogP contribution >= 0.6 is 23.2 Å². The van der Waals surface area contributed by atoms with E-state index in [1.54, 1.807) is 19.9 Å². The van der Waals surface area contributed by atoms with Gasteiger partial charge in [0, 0.05) is 12.5 Å². The maximum atomic E-state index is 11.7. The normalized spacial score (nSPS) is 26.5. The zero-order valence-electron chi connectivity index (χ0n) is 8.92. The molecule has 0 saturated heterocycles. The molecule has 0 aliphatic heterocycles. The van der Waals surface area contributed by atoms with E-state index in [1.807, 2.05) is 0 Å². The van der Waals surface area contributed by atoms with E-state index < -0.39 is 15.7 Å². The number of alkyl halides is 2. The van der Waals surface area contributed by atoms with Gasteiger partial charge in [0.25, 0.3) is 0 Å². The van der Waals surface area contributed by atoms with Gasteiger partial charge in [0.2, 0.25) is 0 Å². The molecule has 0 amide bonds. The quantitative estimate of drug-likeness (QED) is 0.622. The third-order valence-electron chi connectivity index (χ3n) is 2.73. The number of carbonyl (C=O) groups is 1. The topological polar surface area (TPSA) is 52.3 Å². The van der Waals surface area contributed by atoms with Crippen LogP contribution in [0.25, 0.3) is 0 Å². The number of carbonyl (C=O) groups excluding carboxylic acids is 1. The van der Waals surface area contributed by atoms with Crippen molar-refractivity contribution in [3.63, 3.8) is 0 Å². The summed E-state index contributed by atoms with van der Waals surface area (Å²) in [6.07, 6.45) is 0.414. The highest BCUT2D eigenvalue weighted by atomic mass is 35.5. The third-order valence-corrected chi connectivity index (χ3v) is 3.83. The van der Waals surface area contributed by atoms with Crippen molar-refractivity contribution in [2.45, 2.75) is 31.2 Å². The van der Waals surface area contributed by atoms with Gasteiger partial charge in [0.15, 0.2) is 12.4 Å². The van der Waals surface area contributed by atoms with Crippen molar-refractivity contribution < 1.29 is 14.1 Å². The Bertz CT molecular complexity index is 429. The van der Waals surface area contributed by atoms with Crippen molar-refractivity contribution in [3.8, 4) is 0 Å². The maximum Gasteiger partial charge on any atom is 0.315 e. The zero-order chi connectivity index (χ0) is 12.0. The molecule has 1 unspecified atom stereocenters. The fourth-order valence-electron chi connectivity index (χ4n) is 1.40. The van der Waals surface area contributed by atoms with Gasteiger partial charge in [0.05, 0.1) is 5.69 Å². The van der Waals surface area contributed by atoms with Crippen LogP contribution < -0.4 is 0 Å². The minimum absolute atomic E-state index is 0.0547. The number of nitrogens with zero attached hydrogens (tertiary/aromatic N) is 1. The van der Waals surface area contributed by atoms with Crippen molar-refractivity contribution in [1.29, 1.82) is 0 Å². The number of hydrogen-bond donors (Lipinski definition) is 0. The molecular formula is C10H11Cl2NO3. The van der Waals surface area contributed by atoms with E-state index in [1.165, 1.54) is 0 Å². The predicted molar refractivity (Wildman–Crippen MR) is 58.2 cm³/mol. The molecule has 1 aliphatic rings. The second kappa shape index (κ2) is 3.64. The first-order valence-corrected chi connectivity index (χ1v) is 5.58. The number of hydrogen-bond acceptors (Lipinski definition) is 4. The molecule has 0 bridgehead atoms. The molecule has 1 fully saturated rings. The molecule has 0 N–H and O–H groups in total. The molecule has 0 radical (unpaired) electrons. The Kier molecular flexibility index (Phi) is 2.67. The molecule has 16 heavy (non-hydrogen) atoms. The van der Waals surface area contributed by atoms with Crippen LogP contribution in [0.15, 0.2) is 10.6 Å². The summed E-state index contributed by atoms with van der Waals surface area (Å²) in [6.45, 7) is 3.53. The lowest BCUT2D eigenvalue weighted by Gasteiger charge is -2.10.